The average molecular weight is 330 g/mol. The molecule has 1 aliphatic rings. The van der Waals surface area contributed by atoms with Crippen LogP contribution >= 0.6 is 15.9 Å². The molecule has 19 heavy (non-hydrogen) atoms. The second-order valence-electron chi connectivity index (χ2n) is 4.08. The molecule has 1 heterocycles. The molecule has 1 saturated heterocycles. The van der Waals surface area contributed by atoms with Crippen LogP contribution < -0.4 is 10.1 Å². The Morgan fingerprint density at radius 2 is 2.21 bits per heavy atom. The van der Waals surface area contributed by atoms with E-state index in [-0.39, 0.29) is 12.2 Å². The Balaban J connectivity index is 1.95. The molecule has 1 amide bonds. The second-order valence-corrected chi connectivity index (χ2v) is 4.93. The fourth-order valence-corrected chi connectivity index (χ4v) is 2.16. The summed E-state index contributed by atoms with van der Waals surface area (Å²) in [7, 11) is 1.56. The molecule has 1 fully saturated rings. The van der Waals surface area contributed by atoms with E-state index in [9.17, 15) is 4.79 Å². The van der Waals surface area contributed by atoms with Gasteiger partial charge in [-0.3, -0.25) is 4.79 Å². The molecule has 1 aliphatic heterocycles. The van der Waals surface area contributed by atoms with Crippen LogP contribution in [0.1, 0.15) is 16.8 Å². The second kappa shape index (κ2) is 6.88. The monoisotopic (exact) mass is 329 g/mol. The van der Waals surface area contributed by atoms with Crippen LogP contribution in [0, 0.1) is 0 Å². The molecule has 0 saturated carbocycles. The lowest BCUT2D eigenvalue weighted by molar-refractivity contribution is -0.174. The van der Waals surface area contributed by atoms with Crippen molar-refractivity contribution in [2.45, 2.75) is 12.7 Å². The summed E-state index contributed by atoms with van der Waals surface area (Å²) in [6, 6.07) is 5.25. The van der Waals surface area contributed by atoms with Crippen LogP contribution in [0.25, 0.3) is 0 Å². The Bertz CT molecular complexity index is 446. The minimum atomic E-state index is -0.359. The summed E-state index contributed by atoms with van der Waals surface area (Å²) in [4.78, 5) is 12.1. The van der Waals surface area contributed by atoms with Gasteiger partial charge in [-0.25, -0.2) is 0 Å². The first kappa shape index (κ1) is 14.3. The summed E-state index contributed by atoms with van der Waals surface area (Å²) in [5, 5.41) is 2.79. The predicted octanol–water partition coefficient (Wildman–Crippen LogP) is 1.95. The Morgan fingerprint density at radius 1 is 1.47 bits per heavy atom. The predicted molar refractivity (Wildman–Crippen MR) is 73.3 cm³/mol. The molecule has 0 unspecified atom stereocenters. The quantitative estimate of drug-likeness (QED) is 0.917. The van der Waals surface area contributed by atoms with Gasteiger partial charge < -0.3 is 19.5 Å². The fraction of sp³-hybridized carbons (Fsp3) is 0.462. The van der Waals surface area contributed by atoms with Crippen molar-refractivity contribution in [3.63, 3.8) is 0 Å². The molecular formula is C13H16BrNO4. The average Bonchev–Trinajstić information content (AvgIpc) is 2.46. The molecule has 0 aromatic heterocycles. The summed E-state index contributed by atoms with van der Waals surface area (Å²) in [5.74, 6) is 0.446. The Morgan fingerprint density at radius 3 is 2.89 bits per heavy atom. The van der Waals surface area contributed by atoms with Gasteiger partial charge in [0.15, 0.2) is 6.29 Å². The lowest BCUT2D eigenvalue weighted by atomic mass is 10.2. The minimum Gasteiger partial charge on any atom is -0.497 e. The van der Waals surface area contributed by atoms with Crippen LogP contribution in [-0.4, -0.2) is 39.1 Å². The maximum Gasteiger partial charge on any atom is 0.252 e. The van der Waals surface area contributed by atoms with Crippen LogP contribution in [0.3, 0.4) is 0 Å². The topological polar surface area (TPSA) is 56.8 Å². The molecule has 5 nitrogen and oxygen atoms in total. The Kier molecular flexibility index (Phi) is 5.18. The van der Waals surface area contributed by atoms with Crippen LogP contribution in [0.15, 0.2) is 22.7 Å². The van der Waals surface area contributed by atoms with Crippen molar-refractivity contribution in [3.05, 3.63) is 28.2 Å². The zero-order valence-corrected chi connectivity index (χ0v) is 12.2. The minimum absolute atomic E-state index is 0.191. The highest BCUT2D eigenvalue weighted by Crippen LogP contribution is 2.22. The number of carbonyl (C=O) groups excluding carboxylic acids is 1. The fourth-order valence-electron chi connectivity index (χ4n) is 1.73. The number of hydrogen-bond acceptors (Lipinski definition) is 4. The number of hydrogen-bond donors (Lipinski definition) is 1. The van der Waals surface area contributed by atoms with Gasteiger partial charge >= 0.3 is 0 Å². The van der Waals surface area contributed by atoms with Gasteiger partial charge in [0.2, 0.25) is 0 Å². The number of amides is 1. The largest absolute Gasteiger partial charge is 0.497 e. The SMILES string of the molecule is COc1ccc(Br)c(C(=O)NCC2OCCCO2)c1. The third-order valence-electron chi connectivity index (χ3n) is 2.74. The first-order chi connectivity index (χ1) is 9.20. The molecule has 0 atom stereocenters. The molecule has 1 N–H and O–H groups in total. The molecule has 0 radical (unpaired) electrons. The number of rotatable bonds is 4. The van der Waals surface area contributed by atoms with E-state index < -0.39 is 0 Å². The van der Waals surface area contributed by atoms with Gasteiger partial charge in [0.25, 0.3) is 5.91 Å². The van der Waals surface area contributed by atoms with Gasteiger partial charge in [-0.15, -0.1) is 0 Å². The van der Waals surface area contributed by atoms with Crippen LogP contribution in [0.4, 0.5) is 0 Å². The third kappa shape index (κ3) is 3.92. The number of carbonyl (C=O) groups is 1. The molecule has 6 heteroatoms. The van der Waals surface area contributed by atoms with Gasteiger partial charge in [0.1, 0.15) is 5.75 Å². The molecule has 104 valence electrons. The highest BCUT2D eigenvalue weighted by Gasteiger charge is 2.17. The van der Waals surface area contributed by atoms with Gasteiger partial charge in [-0.1, -0.05) is 0 Å². The Labute approximate surface area is 120 Å². The number of halogens is 1. The van der Waals surface area contributed by atoms with E-state index in [2.05, 4.69) is 21.2 Å². The standard InChI is InChI=1S/C13H16BrNO4/c1-17-9-3-4-11(14)10(7-9)13(16)15-8-12-18-5-2-6-19-12/h3-4,7,12H,2,5-6,8H2,1H3,(H,15,16). The smallest absolute Gasteiger partial charge is 0.252 e. The highest BCUT2D eigenvalue weighted by molar-refractivity contribution is 9.10. The summed E-state index contributed by atoms with van der Waals surface area (Å²) in [6.45, 7) is 1.68. The van der Waals surface area contributed by atoms with E-state index in [1.165, 1.54) is 0 Å². The van der Waals surface area contributed by atoms with Crippen molar-refractivity contribution in [2.75, 3.05) is 26.9 Å². The first-order valence-electron chi connectivity index (χ1n) is 6.05. The molecule has 1 aromatic rings. The van der Waals surface area contributed by atoms with Crippen molar-refractivity contribution in [1.82, 2.24) is 5.32 Å². The van der Waals surface area contributed by atoms with E-state index in [1.54, 1.807) is 25.3 Å². The highest BCUT2D eigenvalue weighted by atomic mass is 79.9. The number of methoxy groups -OCH3 is 1. The normalized spacial score (nSPS) is 16.1. The maximum absolute atomic E-state index is 12.1. The zero-order valence-electron chi connectivity index (χ0n) is 10.6. The molecular weight excluding hydrogens is 314 g/mol. The molecule has 0 spiro atoms. The van der Waals surface area contributed by atoms with Gasteiger partial charge in [-0.05, 0) is 40.5 Å². The molecule has 1 aromatic carbocycles. The third-order valence-corrected chi connectivity index (χ3v) is 3.44. The van der Waals surface area contributed by atoms with E-state index in [0.29, 0.717) is 31.1 Å². The van der Waals surface area contributed by atoms with E-state index >= 15 is 0 Å². The van der Waals surface area contributed by atoms with Crippen LogP contribution in [-0.2, 0) is 9.47 Å². The zero-order chi connectivity index (χ0) is 13.7. The van der Waals surface area contributed by atoms with Crippen molar-refractivity contribution < 1.29 is 19.0 Å². The van der Waals surface area contributed by atoms with Gasteiger partial charge in [0.05, 0.1) is 32.4 Å². The molecule has 0 aliphatic carbocycles. The van der Waals surface area contributed by atoms with E-state index in [4.69, 9.17) is 14.2 Å². The van der Waals surface area contributed by atoms with Gasteiger partial charge in [0, 0.05) is 4.47 Å². The van der Waals surface area contributed by atoms with E-state index in [0.717, 1.165) is 10.9 Å². The van der Waals surface area contributed by atoms with Crippen molar-refractivity contribution in [2.24, 2.45) is 0 Å². The summed E-state index contributed by atoms with van der Waals surface area (Å²) in [5.41, 5.74) is 0.523. The number of benzene rings is 1. The maximum atomic E-state index is 12.1. The molecule has 0 bridgehead atoms. The first-order valence-corrected chi connectivity index (χ1v) is 6.85. The van der Waals surface area contributed by atoms with Crippen molar-refractivity contribution in [3.8, 4) is 5.75 Å². The number of nitrogens with one attached hydrogen (secondary N) is 1. The van der Waals surface area contributed by atoms with Crippen molar-refractivity contribution in [1.29, 1.82) is 0 Å². The van der Waals surface area contributed by atoms with Gasteiger partial charge in [-0.2, -0.15) is 0 Å². The lowest BCUT2D eigenvalue weighted by Gasteiger charge is -2.23. The van der Waals surface area contributed by atoms with E-state index in [1.807, 2.05) is 0 Å². The lowest BCUT2D eigenvalue weighted by Crippen LogP contribution is -2.38. The summed E-state index contributed by atoms with van der Waals surface area (Å²) < 4.78 is 16.6. The summed E-state index contributed by atoms with van der Waals surface area (Å²) >= 11 is 3.35. The summed E-state index contributed by atoms with van der Waals surface area (Å²) in [6.07, 6.45) is 0.536. The van der Waals surface area contributed by atoms with Crippen LogP contribution in [0.5, 0.6) is 5.75 Å². The van der Waals surface area contributed by atoms with Crippen molar-refractivity contribution >= 4 is 21.8 Å². The Hall–Kier alpha value is -1.11. The molecule has 2 rings (SSSR count). The number of ether oxygens (including phenoxy) is 3. The van der Waals surface area contributed by atoms with Crippen LogP contribution in [0.2, 0.25) is 0 Å².